The summed E-state index contributed by atoms with van der Waals surface area (Å²) in [4.78, 5) is 0. The van der Waals surface area contributed by atoms with Gasteiger partial charge >= 0.3 is 17.1 Å². The maximum atomic E-state index is 8.49. The van der Waals surface area contributed by atoms with Crippen LogP contribution in [0.25, 0.3) is 0 Å². The molecule has 0 aromatic carbocycles. The summed E-state index contributed by atoms with van der Waals surface area (Å²) in [5.41, 5.74) is 0. The molecule has 1 radical (unpaired) electrons. The van der Waals surface area contributed by atoms with E-state index in [0.29, 0.717) is 0 Å². The summed E-state index contributed by atoms with van der Waals surface area (Å²) in [6.45, 7) is 4.21. The van der Waals surface area contributed by atoms with Gasteiger partial charge in [-0.05, 0) is 28.2 Å². The zero-order valence-electron chi connectivity index (χ0n) is 13.2. The number of rotatable bonds is 6. The van der Waals surface area contributed by atoms with Crippen LogP contribution < -0.4 is 58.5 Å². The molecule has 15 heteroatoms. The van der Waals surface area contributed by atoms with E-state index in [2.05, 4.69) is 21.3 Å². The SMILES string of the molecule is CNCCNC.CNCCNC.[Cu+2].[O-][Cl+3]([O-])([O-])[O-].[O-][Cl+3]([O-])([O-])[O-]. The number of halogens is 2. The fourth-order valence-corrected chi connectivity index (χ4v) is 0.500. The van der Waals surface area contributed by atoms with Crippen molar-refractivity contribution in [2.45, 2.75) is 0 Å². The van der Waals surface area contributed by atoms with Gasteiger partial charge in [0.15, 0.2) is 0 Å². The predicted octanol–water partition coefficient (Wildman–Crippen LogP) is -10.7. The second-order valence-corrected chi connectivity index (χ2v) is 4.68. The molecule has 12 nitrogen and oxygen atoms in total. The Hall–Kier alpha value is 0.619. The maximum Gasteiger partial charge on any atom is 2.00 e. The number of hydrogen-bond acceptors (Lipinski definition) is 12. The van der Waals surface area contributed by atoms with Crippen LogP contribution in [-0.2, 0) is 17.1 Å². The molecule has 0 rings (SSSR count). The van der Waals surface area contributed by atoms with E-state index in [1.807, 2.05) is 28.2 Å². The molecule has 0 aromatic rings. The Morgan fingerprint density at radius 2 is 0.565 bits per heavy atom. The molecular formula is C8H24Cl2CuN4O8. The minimum absolute atomic E-state index is 0. The first-order chi connectivity index (χ1) is 9.83. The number of hydrogen-bond donors (Lipinski definition) is 4. The van der Waals surface area contributed by atoms with Gasteiger partial charge in [0.25, 0.3) is 0 Å². The van der Waals surface area contributed by atoms with Crippen LogP contribution in [0.15, 0.2) is 0 Å². The first-order valence-electron chi connectivity index (χ1n) is 5.65. The first kappa shape index (κ1) is 34.9. The molecule has 0 aliphatic carbocycles. The van der Waals surface area contributed by atoms with E-state index < -0.39 is 20.5 Å². The van der Waals surface area contributed by atoms with Gasteiger partial charge in [0.2, 0.25) is 0 Å². The van der Waals surface area contributed by atoms with Gasteiger partial charge in [0.1, 0.15) is 0 Å². The van der Waals surface area contributed by atoms with Gasteiger partial charge in [0.05, 0.1) is 0 Å². The summed E-state index contributed by atoms with van der Waals surface area (Å²) in [6, 6.07) is 0. The van der Waals surface area contributed by atoms with E-state index in [1.165, 1.54) is 0 Å². The average molecular weight is 439 g/mol. The summed E-state index contributed by atoms with van der Waals surface area (Å²) in [5, 5.41) is 12.0. The summed E-state index contributed by atoms with van der Waals surface area (Å²) < 4.78 is 67.9. The Labute approximate surface area is 150 Å². The summed E-state index contributed by atoms with van der Waals surface area (Å²) in [5.74, 6) is 0. The van der Waals surface area contributed by atoms with E-state index >= 15 is 0 Å². The van der Waals surface area contributed by atoms with Gasteiger partial charge in [-0.25, -0.2) is 37.3 Å². The molecule has 0 aromatic heterocycles. The van der Waals surface area contributed by atoms with E-state index in [4.69, 9.17) is 37.3 Å². The van der Waals surface area contributed by atoms with Crippen molar-refractivity contribution in [2.75, 3.05) is 54.4 Å². The fourth-order valence-electron chi connectivity index (χ4n) is 0.500. The Kier molecular flexibility index (Phi) is 37.7. The summed E-state index contributed by atoms with van der Waals surface area (Å²) in [7, 11) is -2.12. The van der Waals surface area contributed by atoms with Crippen LogP contribution in [-0.4, -0.2) is 54.4 Å². The molecule has 0 heterocycles. The molecule has 0 spiro atoms. The predicted molar refractivity (Wildman–Crippen MR) is 55.7 cm³/mol. The minimum atomic E-state index is -4.94. The zero-order chi connectivity index (χ0) is 18.7. The normalized spacial score (nSPS) is 9.91. The van der Waals surface area contributed by atoms with Crippen LogP contribution in [0.5, 0.6) is 0 Å². The standard InChI is InChI=1S/2C4H12N2.2ClHO4.Cu/c2*1-5-3-4-6-2;2*2-1(3,4)5;/h2*5-6H,3-4H2,1-2H3;2*(H,2,3,4,5);/q;;;;+2/p-2. The quantitative estimate of drug-likeness (QED) is 0.223. The smallest absolute Gasteiger partial charge is 0.318 e. The molecule has 0 saturated carbocycles. The molecule has 149 valence electrons. The third-order valence-corrected chi connectivity index (χ3v) is 1.25. The minimum Gasteiger partial charge on any atom is -0.318 e. The third kappa shape index (κ3) is 219. The number of nitrogens with one attached hydrogen (secondary N) is 4. The van der Waals surface area contributed by atoms with E-state index in [1.54, 1.807) is 0 Å². The molecule has 0 unspecified atom stereocenters. The Morgan fingerprint density at radius 3 is 0.609 bits per heavy atom. The Balaban J connectivity index is -0.0000000620. The molecule has 4 N–H and O–H groups in total. The molecule has 0 fully saturated rings. The van der Waals surface area contributed by atoms with Crippen molar-refractivity contribution in [3.8, 4) is 0 Å². The van der Waals surface area contributed by atoms with Crippen molar-refractivity contribution in [2.24, 2.45) is 0 Å². The van der Waals surface area contributed by atoms with Crippen LogP contribution in [0.2, 0.25) is 0 Å². The molecular weight excluding hydrogens is 415 g/mol. The molecule has 0 saturated heterocycles. The van der Waals surface area contributed by atoms with Crippen molar-refractivity contribution < 1.29 is 74.8 Å². The zero-order valence-corrected chi connectivity index (χ0v) is 15.6. The summed E-state index contributed by atoms with van der Waals surface area (Å²) >= 11 is 0. The van der Waals surface area contributed by atoms with Gasteiger partial charge < -0.3 is 21.3 Å². The van der Waals surface area contributed by atoms with Crippen molar-refractivity contribution in [1.82, 2.24) is 21.3 Å². The van der Waals surface area contributed by atoms with Crippen LogP contribution in [0, 0.1) is 20.5 Å². The third-order valence-electron chi connectivity index (χ3n) is 1.25. The summed E-state index contributed by atoms with van der Waals surface area (Å²) in [6.07, 6.45) is 0. The second kappa shape index (κ2) is 24.9. The molecule has 0 bridgehead atoms. The van der Waals surface area contributed by atoms with Gasteiger partial charge in [-0.3, -0.25) is 0 Å². The molecule has 0 aliphatic heterocycles. The van der Waals surface area contributed by atoms with Gasteiger partial charge in [0, 0.05) is 26.2 Å². The van der Waals surface area contributed by atoms with Crippen molar-refractivity contribution >= 4 is 0 Å². The fraction of sp³-hybridized carbons (Fsp3) is 1.00. The molecule has 0 aliphatic rings. The van der Waals surface area contributed by atoms with E-state index in [-0.39, 0.29) is 17.1 Å². The van der Waals surface area contributed by atoms with Crippen molar-refractivity contribution in [3.63, 3.8) is 0 Å². The van der Waals surface area contributed by atoms with Crippen LogP contribution in [0.3, 0.4) is 0 Å². The topological polar surface area (TPSA) is 233 Å². The van der Waals surface area contributed by atoms with Gasteiger partial charge in [-0.15, -0.1) is 20.5 Å². The van der Waals surface area contributed by atoms with Gasteiger partial charge in [-0.2, -0.15) is 0 Å². The number of likely N-dealkylation sites (N-methyl/N-ethyl adjacent to an activating group) is 4. The second-order valence-electron chi connectivity index (χ2n) is 3.17. The monoisotopic (exact) mass is 437 g/mol. The van der Waals surface area contributed by atoms with Crippen LogP contribution in [0.4, 0.5) is 0 Å². The van der Waals surface area contributed by atoms with Crippen molar-refractivity contribution in [3.05, 3.63) is 0 Å². The van der Waals surface area contributed by atoms with Crippen molar-refractivity contribution in [1.29, 1.82) is 0 Å². The Morgan fingerprint density at radius 1 is 0.478 bits per heavy atom. The first-order valence-corrected chi connectivity index (χ1v) is 8.12. The Bertz CT molecular complexity index is 160. The van der Waals surface area contributed by atoms with E-state index in [0.717, 1.165) is 26.2 Å². The molecule has 0 amide bonds. The molecule has 0 atom stereocenters. The molecule has 23 heavy (non-hydrogen) atoms. The van der Waals surface area contributed by atoms with E-state index in [9.17, 15) is 0 Å². The van der Waals surface area contributed by atoms with Gasteiger partial charge in [-0.1, -0.05) is 0 Å². The van der Waals surface area contributed by atoms with Crippen LogP contribution in [0.1, 0.15) is 0 Å². The average Bonchev–Trinajstić information content (AvgIpc) is 2.30. The maximum absolute atomic E-state index is 8.49. The largest absolute Gasteiger partial charge is 2.00 e. The van der Waals surface area contributed by atoms with Crippen LogP contribution >= 0.6 is 0 Å².